The molecule has 0 atom stereocenters. The molecule has 10 N–H and O–H groups in total. The first-order valence-corrected chi connectivity index (χ1v) is 45.8. The highest BCUT2D eigenvalue weighted by atomic mass is 32.2. The molecule has 15 aromatic rings. The van der Waals surface area contributed by atoms with E-state index in [0.717, 1.165) is 183 Å². The van der Waals surface area contributed by atoms with E-state index in [9.17, 15) is 42.6 Å². The maximum atomic E-state index is 11.5. The number of sulfonamides is 1. The van der Waals surface area contributed by atoms with Gasteiger partial charge in [0.05, 0.1) is 43.4 Å². The maximum absolute atomic E-state index is 11.5. The number of benzene rings is 5. The van der Waals surface area contributed by atoms with Gasteiger partial charge in [-0.1, -0.05) is 42.5 Å². The number of Topliss-reactive ketones (excluding diaryl/α,β-unsaturated/α-hetero) is 2. The average molecular weight is 1810 g/mol. The van der Waals surface area contributed by atoms with Crippen LogP contribution in [0.4, 0.5) is 58.2 Å². The zero-order valence-electron chi connectivity index (χ0n) is 69.7. The van der Waals surface area contributed by atoms with Crippen LogP contribution in [0.15, 0.2) is 145 Å². The Morgan fingerprint density at radius 2 is 0.598 bits per heavy atom. The van der Waals surface area contributed by atoms with Crippen molar-refractivity contribution < 1.29 is 47.7 Å². The van der Waals surface area contributed by atoms with Crippen LogP contribution in [0, 0.1) is 41.5 Å². The van der Waals surface area contributed by atoms with Crippen molar-refractivity contribution in [2.45, 2.75) is 137 Å². The number of aromatic nitrogens is 15. The van der Waals surface area contributed by atoms with Crippen molar-refractivity contribution in [1.29, 1.82) is 0 Å². The molecule has 10 heterocycles. The number of rotatable bonds is 18. The Hall–Kier alpha value is -13.7. The first-order valence-electron chi connectivity index (χ1n) is 40.2. The number of thiazole rings is 5. The van der Waals surface area contributed by atoms with E-state index in [2.05, 4.69) is 136 Å². The lowest BCUT2D eigenvalue weighted by Gasteiger charge is -2.15. The van der Waals surface area contributed by atoms with Gasteiger partial charge in [-0.3, -0.25) is 9.59 Å². The number of nitrogens with zero attached hydrogens (tertiary/aromatic N) is 15. The van der Waals surface area contributed by atoms with Crippen molar-refractivity contribution in [2.75, 3.05) is 26.6 Å². The average Bonchev–Trinajstić information content (AvgIpc) is 1.69. The van der Waals surface area contributed by atoms with Gasteiger partial charge in [-0.25, -0.2) is 103 Å². The molecule has 0 amide bonds. The summed E-state index contributed by atoms with van der Waals surface area (Å²) in [6.45, 7) is 15.5. The lowest BCUT2D eigenvalue weighted by molar-refractivity contribution is -0.117. The number of hydrogen-bond acceptors (Lipinski definition) is 32. The number of carboxylic acids is 3. The smallest absolute Gasteiger partial charge is 0.365 e. The zero-order chi connectivity index (χ0) is 89.1. The van der Waals surface area contributed by atoms with Crippen molar-refractivity contribution >= 4 is 154 Å². The normalized spacial score (nSPS) is 12.5. The lowest BCUT2D eigenvalue weighted by Crippen LogP contribution is -2.12. The van der Waals surface area contributed by atoms with E-state index in [1.54, 1.807) is 67.2 Å². The van der Waals surface area contributed by atoms with Gasteiger partial charge in [0.15, 0.2) is 0 Å². The Labute approximate surface area is 748 Å². The third kappa shape index (κ3) is 20.8. The number of aryl methyl sites for hydroxylation is 16. The van der Waals surface area contributed by atoms with E-state index in [1.165, 1.54) is 61.3 Å². The molecule has 31 nitrogen and oxygen atoms in total. The molecule has 5 aliphatic carbocycles. The number of carbonyl (C=O) groups is 5. The van der Waals surface area contributed by atoms with Crippen LogP contribution >= 0.6 is 56.7 Å². The number of anilines is 10. The van der Waals surface area contributed by atoms with Gasteiger partial charge in [0.1, 0.15) is 40.0 Å². The summed E-state index contributed by atoms with van der Waals surface area (Å²) in [5.74, 6) is -0.510. The van der Waals surface area contributed by atoms with Crippen molar-refractivity contribution in [2.24, 2.45) is 5.14 Å². The molecule has 0 aliphatic heterocycles. The highest BCUT2D eigenvalue weighted by Crippen LogP contribution is 2.42. The Morgan fingerprint density at radius 1 is 0.331 bits per heavy atom. The summed E-state index contributed by atoms with van der Waals surface area (Å²) in [7, 11) is -3.82. The van der Waals surface area contributed by atoms with Gasteiger partial charge in [0, 0.05) is 96.6 Å². The van der Waals surface area contributed by atoms with E-state index in [0.29, 0.717) is 83.6 Å². The van der Waals surface area contributed by atoms with E-state index < -0.39 is 27.9 Å². The number of fused-ring (bicyclic) bond motifs is 15. The summed E-state index contributed by atoms with van der Waals surface area (Å²) >= 11 is 7.10. The fraction of sp³-hybridized carbons (Fsp3) is 0.222. The molecule has 0 saturated carbocycles. The molecule has 37 heteroatoms. The fourth-order valence-corrected chi connectivity index (χ4v) is 20.3. The molecule has 0 saturated heterocycles. The van der Waals surface area contributed by atoms with Crippen LogP contribution < -0.4 is 31.7 Å². The van der Waals surface area contributed by atoms with Gasteiger partial charge < -0.3 is 41.9 Å². The molecule has 5 aromatic carbocycles. The van der Waals surface area contributed by atoms with Gasteiger partial charge in [0.2, 0.25) is 54.8 Å². The summed E-state index contributed by atoms with van der Waals surface area (Å²) < 4.78 is 23.0. The molecule has 0 spiro atoms. The van der Waals surface area contributed by atoms with Gasteiger partial charge >= 0.3 is 17.9 Å². The number of carboxylic acid groups (broad SMARTS) is 3. The summed E-state index contributed by atoms with van der Waals surface area (Å²) in [6, 6.07) is 33.9. The zero-order valence-corrected chi connectivity index (χ0v) is 74.6. The van der Waals surface area contributed by atoms with Crippen LogP contribution in [0.3, 0.4) is 0 Å². The predicted molar refractivity (Wildman–Crippen MR) is 491 cm³/mol. The van der Waals surface area contributed by atoms with Gasteiger partial charge in [0.25, 0.3) is 0 Å². The standard InChI is InChI=1S/C19H16N4O3S.C19H18N4OS.C18H16N4O2S.C18H18N4S.C16H13N5O4S2/c1-10(24)7-11-3-2-4-13(8-11)21-19-20-9-12-5-6-14-16(15(12)23-19)22-17(27-14)18(25)26;1-11(24)8-13-4-3-5-15(9-13)22-19-20-10-14-6-7-16-18(17(14)23-19)21-12(2)25-16;1-9-5-10(2)7-12(6-9)20-18-19-8-11-3-4-13-15(14(11)22-18)21-16(25-13)17(23)24;1-10-6-11(2)8-14(7-10)21-18-19-9-13-4-5-15-17(16(13)22-18)20-12(3)23-15;17-27(24,25)10-3-1-2-9(6-10)19-16-18-7-8-4-5-11-13(12(8)21-16)20-14(26-11)15(22)23/h2-4,8-9H,5-7H2,1H3,(H,25,26)(H,20,21,23);3-5,9-10H,6-8H2,1-2H3,(H,20,22,23);5-8H,3-4H2,1-2H3,(H,23,24)(H,19,20,22);6-9H,4-5H2,1-3H3,(H,19,21,22);1-3,6-7H,4-5H2,(H,22,23)(H2,17,24,25)(H,18,19,21). The molecular weight excluding hydrogens is 1730 g/mol. The van der Waals surface area contributed by atoms with E-state index >= 15 is 0 Å². The number of carbonyl (C=O) groups excluding carboxylic acids is 2. The molecule has 0 fully saturated rings. The second-order valence-electron chi connectivity index (χ2n) is 30.7. The molecule has 0 bridgehead atoms. The van der Waals surface area contributed by atoms with Crippen molar-refractivity contribution in [3.63, 3.8) is 0 Å². The van der Waals surface area contributed by atoms with Crippen molar-refractivity contribution in [3.05, 3.63) is 251 Å². The summed E-state index contributed by atoms with van der Waals surface area (Å²) in [6.07, 6.45) is 18.3. The Morgan fingerprint density at radius 3 is 0.882 bits per heavy atom. The monoisotopic (exact) mass is 1810 g/mol. The van der Waals surface area contributed by atoms with Crippen LogP contribution in [0.25, 0.3) is 56.9 Å². The molecule has 5 aliphatic rings. The largest absolute Gasteiger partial charge is 0.476 e. The quantitative estimate of drug-likeness (QED) is 0.0385. The van der Waals surface area contributed by atoms with Gasteiger partial charge in [-0.2, -0.15) is 0 Å². The number of ketones is 2. The second-order valence-corrected chi connectivity index (χ2v) is 38.1. The number of aromatic carboxylic acids is 3. The minimum atomic E-state index is -3.82. The second kappa shape index (κ2) is 37.2. The third-order valence-electron chi connectivity index (χ3n) is 20.4. The van der Waals surface area contributed by atoms with Crippen molar-refractivity contribution in [3.8, 4) is 56.9 Å². The first-order chi connectivity index (χ1) is 61.0. The molecule has 20 rings (SSSR count). The first kappa shape index (κ1) is 86.8. The van der Waals surface area contributed by atoms with Crippen LogP contribution in [-0.2, 0) is 96.7 Å². The Bertz CT molecular complexity index is 6960. The topological polar surface area (TPSA) is 460 Å². The molecule has 0 radical (unpaired) electrons. The minimum absolute atomic E-state index is 0.0293. The van der Waals surface area contributed by atoms with E-state index in [1.807, 2.05) is 93.8 Å². The number of nitrogens with two attached hydrogens (primary N) is 1. The summed E-state index contributed by atoms with van der Waals surface area (Å²) in [5, 5.41) is 51.0. The molecule has 642 valence electrons. The summed E-state index contributed by atoms with van der Waals surface area (Å²) in [4.78, 5) is 129. The number of hydrogen-bond donors (Lipinski definition) is 9. The van der Waals surface area contributed by atoms with Crippen LogP contribution in [0.1, 0.15) is 139 Å². The van der Waals surface area contributed by atoms with Gasteiger partial charge in [-0.05, 0) is 248 Å². The van der Waals surface area contributed by atoms with E-state index in [4.69, 9.17) is 20.2 Å². The number of nitrogens with one attached hydrogen (secondary N) is 5. The molecular formula is C90H81N21O10S6. The Balaban J connectivity index is 0.000000117. The third-order valence-corrected chi connectivity index (χ3v) is 26.7. The van der Waals surface area contributed by atoms with E-state index in [-0.39, 0.29) is 37.4 Å². The predicted octanol–water partition coefficient (Wildman–Crippen LogP) is 17.1. The molecule has 0 unspecified atom stereocenters. The van der Waals surface area contributed by atoms with Crippen LogP contribution in [0.2, 0.25) is 0 Å². The SMILES string of the molecule is CC(=O)Cc1cccc(Nc2ncc3c(n2)-c2nc(C(=O)O)sc2CC3)c1.CC(=O)Cc1cccc(Nc2ncc3c(n2)-c2nc(C)sc2CC3)c1.Cc1cc(C)cc(Nc2ncc3c(n2)-c2nc(C(=O)O)sc2CC3)c1.Cc1cc(C)cc(Nc2ncc3c(n2)-c2nc(C)sc2CC3)c1.NS(=O)(=O)c1cccc(Nc2ncc3c(n2)-c2nc(C(=O)O)sc2CC3)c1. The molecule has 127 heavy (non-hydrogen) atoms. The fourth-order valence-electron chi connectivity index (χ4n) is 15.1. The minimum Gasteiger partial charge on any atom is -0.476 e. The van der Waals surface area contributed by atoms with Crippen LogP contribution in [0.5, 0.6) is 0 Å². The highest BCUT2D eigenvalue weighted by Gasteiger charge is 2.31. The number of primary sulfonamides is 1. The van der Waals surface area contributed by atoms with Crippen molar-refractivity contribution in [1.82, 2.24) is 74.8 Å². The lowest BCUT2D eigenvalue weighted by atomic mass is 10.00. The van der Waals surface area contributed by atoms with Crippen LogP contribution in [-0.4, -0.2) is 128 Å². The maximum Gasteiger partial charge on any atom is 0.365 e. The Kier molecular flexibility index (Phi) is 25.5. The summed E-state index contributed by atoms with van der Waals surface area (Å²) in [5.41, 5.74) is 23.7. The molecule has 10 aromatic heterocycles. The van der Waals surface area contributed by atoms with Gasteiger partial charge in [-0.15, -0.1) is 56.7 Å². The highest BCUT2D eigenvalue weighted by molar-refractivity contribution is 7.89.